The largest absolute Gasteiger partial charge is 0.494 e. The van der Waals surface area contributed by atoms with E-state index in [9.17, 15) is 14.4 Å². The highest BCUT2D eigenvalue weighted by molar-refractivity contribution is 5.89. The summed E-state index contributed by atoms with van der Waals surface area (Å²) in [7, 11) is 1.52. The van der Waals surface area contributed by atoms with E-state index in [2.05, 4.69) is 18.2 Å². The molecule has 3 rings (SSSR count). The highest BCUT2D eigenvalue weighted by Gasteiger charge is 2.07. The number of carbonyl (C=O) groups excluding carboxylic acids is 3. The van der Waals surface area contributed by atoms with E-state index >= 15 is 0 Å². The number of hydrogen-bond donors (Lipinski definition) is 0. The lowest BCUT2D eigenvalue weighted by molar-refractivity contribution is -0.138. The Morgan fingerprint density at radius 2 is 1.17 bits per heavy atom. The second kappa shape index (κ2) is 20.4. The van der Waals surface area contributed by atoms with Gasteiger partial charge in [0.1, 0.15) is 28.7 Å². The van der Waals surface area contributed by atoms with Crippen LogP contribution in [0.2, 0.25) is 0 Å². The van der Waals surface area contributed by atoms with Crippen LogP contribution >= 0.6 is 0 Å². The lowest BCUT2D eigenvalue weighted by atomic mass is 10.2. The maximum absolute atomic E-state index is 12.4. The van der Waals surface area contributed by atoms with Crippen molar-refractivity contribution < 1.29 is 42.8 Å². The molecule has 0 atom stereocenters. The molecule has 0 amide bonds. The lowest BCUT2D eigenvalue weighted by Crippen LogP contribution is -2.04. The Hall–Kier alpha value is -5.64. The van der Waals surface area contributed by atoms with Crippen molar-refractivity contribution in [3.63, 3.8) is 0 Å². The van der Waals surface area contributed by atoms with Crippen LogP contribution in [0.3, 0.4) is 0 Å². The molecular weight excluding hydrogens is 602 g/mol. The number of esters is 3. The zero-order chi connectivity index (χ0) is 33.7. The molecule has 0 aliphatic carbocycles. The first-order valence-corrected chi connectivity index (χ1v) is 15.1. The molecule has 3 aromatic carbocycles. The molecule has 10 nitrogen and oxygen atoms in total. The molecule has 0 aliphatic heterocycles. The maximum Gasteiger partial charge on any atom is 0.336 e. The Morgan fingerprint density at radius 3 is 1.70 bits per heavy atom. The van der Waals surface area contributed by atoms with Gasteiger partial charge < -0.3 is 28.4 Å². The van der Waals surface area contributed by atoms with Gasteiger partial charge in [0.25, 0.3) is 0 Å². The van der Waals surface area contributed by atoms with Gasteiger partial charge in [-0.2, -0.15) is 0 Å². The summed E-state index contributed by atoms with van der Waals surface area (Å²) >= 11 is 0. The minimum absolute atomic E-state index is 0.318. The Bertz CT molecular complexity index is 1530. The molecule has 47 heavy (non-hydrogen) atoms. The van der Waals surface area contributed by atoms with E-state index in [1.165, 1.54) is 13.2 Å². The molecule has 0 aliphatic rings. The van der Waals surface area contributed by atoms with Crippen molar-refractivity contribution in [1.82, 2.24) is 0 Å². The first-order valence-electron chi connectivity index (χ1n) is 15.1. The van der Waals surface area contributed by atoms with E-state index < -0.39 is 17.9 Å². The molecule has 3 aromatic rings. The SMILES string of the molecule is C=CC(=O)OCCCCOc1ccc(C=Nc2ccc(OC(=O)/C=C/c3ccc(OCCCCOC(=O)C=C)cc3)cc2OC)cc1. The zero-order valence-corrected chi connectivity index (χ0v) is 26.4. The van der Waals surface area contributed by atoms with Crippen molar-refractivity contribution in [1.29, 1.82) is 0 Å². The van der Waals surface area contributed by atoms with E-state index in [-0.39, 0.29) is 0 Å². The molecule has 0 N–H and O–H groups in total. The fourth-order valence-corrected chi connectivity index (χ4v) is 3.86. The smallest absolute Gasteiger partial charge is 0.336 e. The van der Waals surface area contributed by atoms with E-state index in [0.29, 0.717) is 62.2 Å². The Morgan fingerprint density at radius 1 is 0.660 bits per heavy atom. The van der Waals surface area contributed by atoms with Gasteiger partial charge in [-0.05, 0) is 91.4 Å². The Labute approximate surface area is 274 Å². The molecule has 10 heteroatoms. The van der Waals surface area contributed by atoms with Crippen molar-refractivity contribution in [2.75, 3.05) is 33.5 Å². The number of methoxy groups -OCH3 is 1. The van der Waals surface area contributed by atoms with Crippen molar-refractivity contribution in [2.24, 2.45) is 4.99 Å². The summed E-state index contributed by atoms with van der Waals surface area (Å²) in [6.07, 6.45) is 9.85. The van der Waals surface area contributed by atoms with Gasteiger partial charge in [0, 0.05) is 30.5 Å². The number of nitrogens with zero attached hydrogens (tertiary/aromatic N) is 1. The average molecular weight is 642 g/mol. The molecule has 0 heterocycles. The first-order chi connectivity index (χ1) is 22.9. The molecule has 0 bridgehead atoms. The summed E-state index contributed by atoms with van der Waals surface area (Å²) in [6.45, 7) is 8.37. The quantitative estimate of drug-likeness (QED) is 0.0429. The summed E-state index contributed by atoms with van der Waals surface area (Å²) in [4.78, 5) is 39.0. The number of benzene rings is 3. The Kier molecular flexibility index (Phi) is 15.6. The number of carbonyl (C=O) groups is 3. The summed E-state index contributed by atoms with van der Waals surface area (Å²) in [5.74, 6) is 0.790. The highest BCUT2D eigenvalue weighted by atomic mass is 16.5. The molecule has 0 fully saturated rings. The van der Waals surface area contributed by atoms with E-state index in [1.807, 2.05) is 48.5 Å². The second-order valence-electron chi connectivity index (χ2n) is 9.84. The molecular formula is C37H39NO9. The van der Waals surface area contributed by atoms with Crippen LogP contribution in [0.4, 0.5) is 5.69 Å². The lowest BCUT2D eigenvalue weighted by Gasteiger charge is -2.08. The molecule has 0 unspecified atom stereocenters. The van der Waals surface area contributed by atoms with E-state index in [4.69, 9.17) is 28.4 Å². The molecule has 246 valence electrons. The summed E-state index contributed by atoms with van der Waals surface area (Å²) < 4.78 is 32.2. The minimum atomic E-state index is -0.542. The van der Waals surface area contributed by atoms with Gasteiger partial charge in [-0.1, -0.05) is 25.3 Å². The third-order valence-corrected chi connectivity index (χ3v) is 6.33. The van der Waals surface area contributed by atoms with Crippen LogP contribution in [-0.4, -0.2) is 57.7 Å². The van der Waals surface area contributed by atoms with Gasteiger partial charge in [0.15, 0.2) is 0 Å². The van der Waals surface area contributed by atoms with Gasteiger partial charge in [-0.15, -0.1) is 0 Å². The fourth-order valence-electron chi connectivity index (χ4n) is 3.86. The maximum atomic E-state index is 12.4. The normalized spacial score (nSPS) is 10.7. The summed E-state index contributed by atoms with van der Waals surface area (Å²) in [5.41, 5.74) is 2.23. The van der Waals surface area contributed by atoms with Crippen LogP contribution in [0.15, 0.2) is 103 Å². The predicted octanol–water partition coefficient (Wildman–Crippen LogP) is 6.84. The molecule has 0 aromatic heterocycles. The number of unbranched alkanes of at least 4 members (excludes halogenated alkanes) is 2. The van der Waals surface area contributed by atoms with Crippen LogP contribution in [0.1, 0.15) is 36.8 Å². The van der Waals surface area contributed by atoms with Crippen molar-refractivity contribution >= 4 is 35.9 Å². The van der Waals surface area contributed by atoms with Crippen LogP contribution < -0.4 is 18.9 Å². The van der Waals surface area contributed by atoms with Gasteiger partial charge in [0.2, 0.25) is 0 Å². The molecule has 0 radical (unpaired) electrons. The number of rotatable bonds is 20. The summed E-state index contributed by atoms with van der Waals surface area (Å²) in [5, 5.41) is 0. The van der Waals surface area contributed by atoms with Gasteiger partial charge in [-0.25, -0.2) is 14.4 Å². The zero-order valence-electron chi connectivity index (χ0n) is 26.4. The molecule has 0 spiro atoms. The van der Waals surface area contributed by atoms with Crippen molar-refractivity contribution in [3.8, 4) is 23.0 Å². The fraction of sp³-hybridized carbons (Fsp3) is 0.243. The number of ether oxygens (including phenoxy) is 6. The monoisotopic (exact) mass is 641 g/mol. The van der Waals surface area contributed by atoms with Crippen molar-refractivity contribution in [2.45, 2.75) is 25.7 Å². The first kappa shape index (κ1) is 35.8. The number of aliphatic imine (C=N–C) groups is 1. The van der Waals surface area contributed by atoms with E-state index in [0.717, 1.165) is 41.9 Å². The van der Waals surface area contributed by atoms with Gasteiger partial charge in [0.05, 0.1) is 33.5 Å². The standard InChI is InChI=1S/C37H39NO9/c1-4-35(39)45-24-8-6-22-43-30-15-10-28(11-16-30)14-21-37(41)47-32-19-20-33(34(26-32)42-3)38-27-29-12-17-31(18-13-29)44-23-7-9-25-46-36(40)5-2/h4-5,10-21,26-27H,1-2,6-9,22-25H2,3H3/b21-14+,38-27?. The van der Waals surface area contributed by atoms with Crippen LogP contribution in [0.5, 0.6) is 23.0 Å². The van der Waals surface area contributed by atoms with Crippen LogP contribution in [0.25, 0.3) is 6.08 Å². The van der Waals surface area contributed by atoms with Gasteiger partial charge >= 0.3 is 17.9 Å². The topological polar surface area (TPSA) is 119 Å². The Balaban J connectivity index is 1.42. The number of hydrogen-bond acceptors (Lipinski definition) is 10. The minimum Gasteiger partial charge on any atom is -0.494 e. The third kappa shape index (κ3) is 13.9. The van der Waals surface area contributed by atoms with Crippen LogP contribution in [0, 0.1) is 0 Å². The van der Waals surface area contributed by atoms with E-state index in [1.54, 1.807) is 30.5 Å². The predicted molar refractivity (Wildman–Crippen MR) is 180 cm³/mol. The molecule has 0 saturated heterocycles. The van der Waals surface area contributed by atoms with Gasteiger partial charge in [-0.3, -0.25) is 4.99 Å². The van der Waals surface area contributed by atoms with Crippen molar-refractivity contribution in [3.05, 3.63) is 109 Å². The highest BCUT2D eigenvalue weighted by Crippen LogP contribution is 2.31. The third-order valence-electron chi connectivity index (χ3n) is 6.33. The van der Waals surface area contributed by atoms with Crippen LogP contribution in [-0.2, 0) is 23.9 Å². The summed E-state index contributed by atoms with van der Waals surface area (Å²) in [6, 6.07) is 19.7. The average Bonchev–Trinajstić information content (AvgIpc) is 3.10. The second-order valence-corrected chi connectivity index (χ2v) is 9.84. The molecule has 0 saturated carbocycles.